The van der Waals surface area contributed by atoms with Gasteiger partial charge in [-0.2, -0.15) is 0 Å². The molecule has 1 aliphatic carbocycles. The zero-order chi connectivity index (χ0) is 25.7. The molecule has 0 aromatic heterocycles. The first-order valence-electron chi connectivity index (χ1n) is 11.8. The molecular weight excluding hydrogens is 450 g/mol. The van der Waals surface area contributed by atoms with Crippen molar-refractivity contribution in [3.05, 3.63) is 130 Å². The van der Waals surface area contributed by atoms with Crippen LogP contribution in [0.2, 0.25) is 0 Å². The van der Waals surface area contributed by atoms with Crippen molar-refractivity contribution in [2.24, 2.45) is 0 Å². The number of anilines is 1. The molecule has 0 heterocycles. The van der Waals surface area contributed by atoms with Gasteiger partial charge in [-0.3, -0.25) is 14.4 Å². The first kappa shape index (κ1) is 24.6. The number of aryl methyl sites for hydroxylation is 1. The van der Waals surface area contributed by atoms with Crippen molar-refractivity contribution < 1.29 is 19.1 Å². The number of carbonyl (C=O) groups is 3. The zero-order valence-electron chi connectivity index (χ0n) is 20.4. The van der Waals surface area contributed by atoms with Gasteiger partial charge >= 0.3 is 0 Å². The SMILES string of the molecule is Cc1cccc(OC(C)C)c1C(=O)Nc1ccccc1.O=C1c2ccccc2C(=O)c2ccccc21. The minimum atomic E-state index is -0.148. The molecule has 0 aliphatic heterocycles. The molecule has 0 unspecified atom stereocenters. The predicted molar refractivity (Wildman–Crippen MR) is 141 cm³/mol. The van der Waals surface area contributed by atoms with E-state index in [0.29, 0.717) is 33.6 Å². The maximum atomic E-state index is 12.4. The van der Waals surface area contributed by atoms with Gasteiger partial charge in [-0.1, -0.05) is 78.9 Å². The average Bonchev–Trinajstić information content (AvgIpc) is 2.88. The van der Waals surface area contributed by atoms with Crippen LogP contribution in [0.1, 0.15) is 61.6 Å². The van der Waals surface area contributed by atoms with E-state index in [1.165, 1.54) is 0 Å². The molecule has 0 fully saturated rings. The second-order valence-corrected chi connectivity index (χ2v) is 8.68. The molecule has 0 bridgehead atoms. The van der Waals surface area contributed by atoms with Crippen molar-refractivity contribution in [1.82, 2.24) is 0 Å². The highest BCUT2D eigenvalue weighted by Gasteiger charge is 2.28. The second kappa shape index (κ2) is 10.8. The van der Waals surface area contributed by atoms with E-state index in [4.69, 9.17) is 4.74 Å². The third-order valence-electron chi connectivity index (χ3n) is 5.69. The van der Waals surface area contributed by atoms with Crippen molar-refractivity contribution in [2.45, 2.75) is 26.9 Å². The molecule has 180 valence electrons. The molecule has 0 atom stereocenters. The summed E-state index contributed by atoms with van der Waals surface area (Å²) in [7, 11) is 0. The molecule has 5 nitrogen and oxygen atoms in total. The fourth-order valence-electron chi connectivity index (χ4n) is 4.05. The van der Waals surface area contributed by atoms with Crippen LogP contribution >= 0.6 is 0 Å². The van der Waals surface area contributed by atoms with E-state index in [1.807, 2.05) is 69.3 Å². The molecule has 4 aromatic carbocycles. The van der Waals surface area contributed by atoms with Gasteiger partial charge in [0.1, 0.15) is 5.75 Å². The Morgan fingerprint density at radius 3 is 1.61 bits per heavy atom. The van der Waals surface area contributed by atoms with E-state index in [-0.39, 0.29) is 23.6 Å². The number of amides is 1. The Labute approximate surface area is 210 Å². The lowest BCUT2D eigenvalue weighted by molar-refractivity contribution is 0.0979. The molecule has 1 N–H and O–H groups in total. The molecule has 1 amide bonds. The third-order valence-corrected chi connectivity index (χ3v) is 5.69. The van der Waals surface area contributed by atoms with E-state index >= 15 is 0 Å². The lowest BCUT2D eigenvalue weighted by Crippen LogP contribution is -2.20. The molecule has 0 radical (unpaired) electrons. The largest absolute Gasteiger partial charge is 0.490 e. The summed E-state index contributed by atoms with van der Waals surface area (Å²) >= 11 is 0. The van der Waals surface area contributed by atoms with Gasteiger partial charge in [0.05, 0.1) is 11.7 Å². The molecule has 5 rings (SSSR count). The maximum absolute atomic E-state index is 12.4. The summed E-state index contributed by atoms with van der Waals surface area (Å²) in [6.45, 7) is 5.80. The number of ether oxygens (including phenoxy) is 1. The molecule has 0 spiro atoms. The van der Waals surface area contributed by atoms with Gasteiger partial charge in [-0.05, 0) is 44.5 Å². The van der Waals surface area contributed by atoms with E-state index in [0.717, 1.165) is 11.3 Å². The quantitative estimate of drug-likeness (QED) is 0.321. The van der Waals surface area contributed by atoms with Crippen LogP contribution in [-0.4, -0.2) is 23.6 Å². The zero-order valence-corrected chi connectivity index (χ0v) is 20.4. The van der Waals surface area contributed by atoms with Crippen LogP contribution in [0.25, 0.3) is 0 Å². The van der Waals surface area contributed by atoms with E-state index < -0.39 is 0 Å². The van der Waals surface area contributed by atoms with Crippen molar-refractivity contribution in [1.29, 1.82) is 0 Å². The van der Waals surface area contributed by atoms with Gasteiger partial charge in [0.15, 0.2) is 11.6 Å². The highest BCUT2D eigenvalue weighted by molar-refractivity contribution is 6.28. The van der Waals surface area contributed by atoms with Crippen molar-refractivity contribution in [3.8, 4) is 5.75 Å². The highest BCUT2D eigenvalue weighted by atomic mass is 16.5. The lowest BCUT2D eigenvalue weighted by atomic mass is 9.84. The molecular formula is C31H27NO4. The summed E-state index contributed by atoms with van der Waals surface area (Å²) < 4.78 is 5.72. The monoisotopic (exact) mass is 477 g/mol. The highest BCUT2D eigenvalue weighted by Crippen LogP contribution is 2.27. The minimum Gasteiger partial charge on any atom is -0.490 e. The number of fused-ring (bicyclic) bond motifs is 2. The van der Waals surface area contributed by atoms with Crippen LogP contribution in [0.4, 0.5) is 5.69 Å². The number of nitrogens with one attached hydrogen (secondary N) is 1. The van der Waals surface area contributed by atoms with Gasteiger partial charge in [0, 0.05) is 27.9 Å². The summed E-state index contributed by atoms with van der Waals surface area (Å²) in [5, 5.41) is 2.89. The van der Waals surface area contributed by atoms with Crippen LogP contribution < -0.4 is 10.1 Å². The van der Waals surface area contributed by atoms with Gasteiger partial charge < -0.3 is 10.1 Å². The molecule has 4 aromatic rings. The molecule has 1 aliphatic rings. The Balaban J connectivity index is 0.000000173. The number of benzene rings is 4. The summed E-state index contributed by atoms with van der Waals surface area (Å²) in [5.74, 6) is 0.343. The van der Waals surface area contributed by atoms with Gasteiger partial charge in [-0.25, -0.2) is 0 Å². The first-order chi connectivity index (χ1) is 17.4. The predicted octanol–water partition coefficient (Wildman–Crippen LogP) is 6.50. The van der Waals surface area contributed by atoms with E-state index in [2.05, 4.69) is 5.32 Å². The second-order valence-electron chi connectivity index (χ2n) is 8.68. The summed E-state index contributed by atoms with van der Waals surface area (Å²) in [4.78, 5) is 36.6. The summed E-state index contributed by atoms with van der Waals surface area (Å²) in [5.41, 5.74) is 4.28. The Morgan fingerprint density at radius 1 is 0.667 bits per heavy atom. The number of hydrogen-bond donors (Lipinski definition) is 1. The lowest BCUT2D eigenvalue weighted by Gasteiger charge is -2.16. The number of ketones is 2. The van der Waals surface area contributed by atoms with Crippen molar-refractivity contribution in [3.63, 3.8) is 0 Å². The van der Waals surface area contributed by atoms with Crippen LogP contribution in [0.3, 0.4) is 0 Å². The number of hydrogen-bond acceptors (Lipinski definition) is 4. The molecule has 5 heteroatoms. The van der Waals surface area contributed by atoms with E-state index in [9.17, 15) is 14.4 Å². The number of para-hydroxylation sites is 1. The smallest absolute Gasteiger partial charge is 0.259 e. The number of carbonyl (C=O) groups excluding carboxylic acids is 3. The molecule has 0 saturated carbocycles. The Kier molecular flexibility index (Phi) is 7.40. The van der Waals surface area contributed by atoms with Crippen LogP contribution in [0, 0.1) is 6.92 Å². The average molecular weight is 478 g/mol. The summed E-state index contributed by atoms with van der Waals surface area (Å²) in [6.07, 6.45) is 0.0278. The van der Waals surface area contributed by atoms with E-state index in [1.54, 1.807) is 48.5 Å². The Bertz CT molecular complexity index is 1320. The standard InChI is InChI=1S/C17H19NO2.C14H8O2/c1-12(2)20-15-11-7-8-13(3)16(15)17(19)18-14-9-5-4-6-10-14;15-13-9-5-1-2-6-10(9)14(16)12-8-4-3-7-11(12)13/h4-12H,1-3H3,(H,18,19);1-8H. The summed E-state index contributed by atoms with van der Waals surface area (Å²) in [6, 6.07) is 28.9. The van der Waals surface area contributed by atoms with Crippen molar-refractivity contribution >= 4 is 23.2 Å². The van der Waals surface area contributed by atoms with Crippen LogP contribution in [0.15, 0.2) is 97.1 Å². The molecule has 0 saturated heterocycles. The van der Waals surface area contributed by atoms with Crippen LogP contribution in [0.5, 0.6) is 5.75 Å². The fourth-order valence-corrected chi connectivity index (χ4v) is 4.05. The number of rotatable bonds is 4. The fraction of sp³-hybridized carbons (Fsp3) is 0.129. The van der Waals surface area contributed by atoms with Gasteiger partial charge in [0.25, 0.3) is 5.91 Å². The Hall–Kier alpha value is -4.51. The topological polar surface area (TPSA) is 72.5 Å². The third kappa shape index (κ3) is 5.26. The maximum Gasteiger partial charge on any atom is 0.259 e. The van der Waals surface area contributed by atoms with Crippen molar-refractivity contribution in [2.75, 3.05) is 5.32 Å². The normalized spacial score (nSPS) is 11.7. The molecule has 36 heavy (non-hydrogen) atoms. The first-order valence-corrected chi connectivity index (χ1v) is 11.8. The van der Waals surface area contributed by atoms with Gasteiger partial charge in [-0.15, -0.1) is 0 Å². The van der Waals surface area contributed by atoms with Crippen LogP contribution in [-0.2, 0) is 0 Å². The van der Waals surface area contributed by atoms with Gasteiger partial charge in [0.2, 0.25) is 0 Å². The Morgan fingerprint density at radius 2 is 1.14 bits per heavy atom. The minimum absolute atomic E-state index is 0.0278.